The van der Waals surface area contributed by atoms with Crippen LogP contribution in [0.3, 0.4) is 0 Å². The Morgan fingerprint density at radius 2 is 1.50 bits per heavy atom. The van der Waals surface area contributed by atoms with Gasteiger partial charge in [-0.1, -0.05) is 0 Å². The molecule has 0 heterocycles. The van der Waals surface area contributed by atoms with E-state index in [1.807, 2.05) is 0 Å². The van der Waals surface area contributed by atoms with Gasteiger partial charge in [0.05, 0.1) is 13.2 Å². The molecule has 0 atom stereocenters. The van der Waals surface area contributed by atoms with E-state index in [1.165, 1.54) is 0 Å². The van der Waals surface area contributed by atoms with E-state index in [0.29, 0.717) is 0 Å². The van der Waals surface area contributed by atoms with E-state index in [0.717, 1.165) is 0 Å². The van der Waals surface area contributed by atoms with E-state index in [9.17, 15) is 0 Å². The van der Waals surface area contributed by atoms with Crippen molar-refractivity contribution in [2.24, 2.45) is 0 Å². The predicted octanol–water partition coefficient (Wildman–Crippen LogP) is 1.56. The van der Waals surface area contributed by atoms with Gasteiger partial charge in [-0.05, 0) is 25.7 Å². The van der Waals surface area contributed by atoms with E-state index >= 15 is 0 Å². The smallest absolute Gasteiger partial charge is 0.321 e. The van der Waals surface area contributed by atoms with Crippen molar-refractivity contribution in [2.75, 3.05) is 13.2 Å². The fraction of sp³-hybridized carbons (Fsp3) is 1.00. The molecule has 0 rings (SSSR count). The monoisotopic (exact) mass is 238 g/mol. The number of halogens is 1. The molecule has 0 aliphatic carbocycles. The molecule has 0 aromatic heterocycles. The highest BCUT2D eigenvalue weighted by atomic mass is 35.5. The molecule has 0 aliphatic heterocycles. The van der Waals surface area contributed by atoms with Crippen molar-refractivity contribution in [1.82, 2.24) is 0 Å². The third kappa shape index (κ3) is 8.83. The Balaban J connectivity index is 0. The summed E-state index contributed by atoms with van der Waals surface area (Å²) in [5, 5.41) is 0. The first-order valence-corrected chi connectivity index (χ1v) is 5.66. The summed E-state index contributed by atoms with van der Waals surface area (Å²) in [5.74, 6) is 0. The van der Waals surface area contributed by atoms with Gasteiger partial charge in [-0.15, -0.1) is 21.8 Å². The fourth-order valence-corrected chi connectivity index (χ4v) is 1.01. The lowest BCUT2D eigenvalue weighted by Crippen LogP contribution is -1.97. The Bertz CT molecular complexity index is 133. The molecule has 0 radical (unpaired) electrons. The largest absolute Gasteiger partial charge is 0.380 e. The summed E-state index contributed by atoms with van der Waals surface area (Å²) in [6.07, 6.45) is 0. The third-order valence-corrected chi connectivity index (χ3v) is 1.48. The van der Waals surface area contributed by atoms with Crippen LogP contribution in [0.15, 0.2) is 0 Å². The molecule has 0 aliphatic rings. The average Bonchev–Trinajstić information content (AvgIpc) is 1.97. The summed E-state index contributed by atoms with van der Waals surface area (Å²) in [7, 11) is 0. The number of hydrogen-bond acceptors (Lipinski definition) is 5. The molecule has 8 heteroatoms. The standard InChI is InChI=1S/C4H11O5PS.ClH/c1-3-6-8-10(5,11)9-7-4-2;/h3-4H2,1-2H3,(H,5,11);1H. The maximum Gasteiger partial charge on any atom is 0.380 e. The minimum absolute atomic E-state index is 0. The second kappa shape index (κ2) is 8.34. The molecule has 0 saturated heterocycles. The first kappa shape index (κ1) is 15.2. The van der Waals surface area contributed by atoms with Crippen molar-refractivity contribution >= 4 is 30.9 Å². The van der Waals surface area contributed by atoms with Crippen molar-refractivity contribution in [3.8, 4) is 0 Å². The number of hydrogen-bond donors (Lipinski definition) is 1. The van der Waals surface area contributed by atoms with Gasteiger partial charge in [0.2, 0.25) is 0 Å². The first-order valence-electron chi connectivity index (χ1n) is 3.07. The molecular formula is C4H12ClO5PS. The summed E-state index contributed by atoms with van der Waals surface area (Å²) in [4.78, 5) is 17.8. The summed E-state index contributed by atoms with van der Waals surface area (Å²) >= 11 is 4.45. The van der Waals surface area contributed by atoms with Gasteiger partial charge in [0.25, 0.3) is 0 Å². The predicted molar refractivity (Wildman–Crippen MR) is 49.2 cm³/mol. The fourth-order valence-electron chi connectivity index (χ4n) is 0.251. The van der Waals surface area contributed by atoms with Crippen LogP contribution in [-0.4, -0.2) is 18.1 Å². The van der Waals surface area contributed by atoms with Crippen molar-refractivity contribution in [3.63, 3.8) is 0 Å². The minimum Gasteiger partial charge on any atom is -0.321 e. The Hall–Kier alpha value is 0.740. The van der Waals surface area contributed by atoms with Gasteiger partial charge in [0.15, 0.2) is 0 Å². The molecule has 0 aromatic rings. The lowest BCUT2D eigenvalue weighted by Gasteiger charge is -2.11. The van der Waals surface area contributed by atoms with Gasteiger partial charge in [-0.25, -0.2) is 9.78 Å². The Morgan fingerprint density at radius 1 is 1.17 bits per heavy atom. The highest BCUT2D eigenvalue weighted by Crippen LogP contribution is 2.43. The lowest BCUT2D eigenvalue weighted by molar-refractivity contribution is -0.264. The lowest BCUT2D eigenvalue weighted by atomic mass is 10.9. The third-order valence-electron chi connectivity index (χ3n) is 0.529. The summed E-state index contributed by atoms with van der Waals surface area (Å²) in [5.41, 5.74) is 0. The van der Waals surface area contributed by atoms with E-state index in [2.05, 4.69) is 30.9 Å². The molecule has 12 heavy (non-hydrogen) atoms. The van der Waals surface area contributed by atoms with Crippen molar-refractivity contribution in [2.45, 2.75) is 13.8 Å². The molecule has 0 fully saturated rings. The summed E-state index contributed by atoms with van der Waals surface area (Å²) < 4.78 is 8.63. The van der Waals surface area contributed by atoms with Crippen LogP contribution in [0.2, 0.25) is 0 Å². The van der Waals surface area contributed by atoms with E-state index in [4.69, 9.17) is 4.89 Å². The molecule has 0 spiro atoms. The van der Waals surface area contributed by atoms with Gasteiger partial charge < -0.3 is 4.89 Å². The molecule has 76 valence electrons. The molecule has 0 saturated carbocycles. The van der Waals surface area contributed by atoms with Gasteiger partial charge in [0.1, 0.15) is 0 Å². The van der Waals surface area contributed by atoms with E-state index < -0.39 is 6.72 Å². The van der Waals surface area contributed by atoms with Crippen molar-refractivity contribution in [3.05, 3.63) is 0 Å². The van der Waals surface area contributed by atoms with Crippen LogP contribution in [0.4, 0.5) is 0 Å². The first-order chi connectivity index (χ1) is 5.12. The van der Waals surface area contributed by atoms with Crippen LogP contribution in [0.5, 0.6) is 0 Å². The zero-order valence-electron chi connectivity index (χ0n) is 6.76. The zero-order valence-corrected chi connectivity index (χ0v) is 9.29. The van der Waals surface area contributed by atoms with Crippen molar-refractivity contribution < 1.29 is 24.0 Å². The molecule has 5 nitrogen and oxygen atoms in total. The topological polar surface area (TPSA) is 57.2 Å². The Morgan fingerprint density at radius 3 is 1.75 bits per heavy atom. The molecular weight excluding hydrogens is 227 g/mol. The van der Waals surface area contributed by atoms with Crippen LogP contribution in [-0.2, 0) is 30.9 Å². The second-order valence-electron chi connectivity index (χ2n) is 1.43. The SMILES string of the molecule is CCOOP(O)(=S)OOCC.Cl. The molecule has 0 bridgehead atoms. The van der Waals surface area contributed by atoms with Crippen LogP contribution in [0.25, 0.3) is 0 Å². The second-order valence-corrected chi connectivity index (χ2v) is 4.05. The molecule has 0 unspecified atom stereocenters. The van der Waals surface area contributed by atoms with E-state index in [1.54, 1.807) is 13.8 Å². The van der Waals surface area contributed by atoms with Gasteiger partial charge in [0, 0.05) is 0 Å². The highest BCUT2D eigenvalue weighted by molar-refractivity contribution is 8.07. The zero-order chi connectivity index (χ0) is 8.74. The van der Waals surface area contributed by atoms with Crippen LogP contribution < -0.4 is 0 Å². The number of rotatable bonds is 6. The average molecular weight is 239 g/mol. The van der Waals surface area contributed by atoms with Crippen LogP contribution in [0, 0.1) is 0 Å². The normalized spacial score (nSPS) is 10.9. The van der Waals surface area contributed by atoms with Crippen molar-refractivity contribution in [1.29, 1.82) is 0 Å². The van der Waals surface area contributed by atoms with Gasteiger partial charge in [-0.2, -0.15) is 0 Å². The molecule has 0 amide bonds. The maximum absolute atomic E-state index is 9.01. The Labute approximate surface area is 82.5 Å². The molecule has 1 N–H and O–H groups in total. The quantitative estimate of drug-likeness (QED) is 0.431. The van der Waals surface area contributed by atoms with E-state index in [-0.39, 0.29) is 25.6 Å². The highest BCUT2D eigenvalue weighted by Gasteiger charge is 2.16. The molecule has 0 aromatic carbocycles. The Kier molecular flexibility index (Phi) is 10.6. The van der Waals surface area contributed by atoms with Crippen LogP contribution >= 0.6 is 19.1 Å². The minimum atomic E-state index is -3.34. The van der Waals surface area contributed by atoms with Gasteiger partial charge >= 0.3 is 6.72 Å². The maximum atomic E-state index is 9.01. The summed E-state index contributed by atoms with van der Waals surface area (Å²) in [6.45, 7) is 0.617. The van der Waals surface area contributed by atoms with Crippen LogP contribution in [0.1, 0.15) is 13.8 Å². The van der Waals surface area contributed by atoms with Gasteiger partial charge in [-0.3, -0.25) is 0 Å². The summed E-state index contributed by atoms with van der Waals surface area (Å²) in [6, 6.07) is 0.